The maximum atomic E-state index is 5.48. The summed E-state index contributed by atoms with van der Waals surface area (Å²) >= 11 is 1.70. The van der Waals surface area contributed by atoms with Crippen LogP contribution in [0.4, 0.5) is 5.82 Å². The number of nitrogens with one attached hydrogen (secondary N) is 1. The Labute approximate surface area is 154 Å². The Morgan fingerprint density at radius 2 is 2.08 bits per heavy atom. The zero-order valence-corrected chi connectivity index (χ0v) is 15.0. The molecule has 1 N–H and O–H groups in total. The lowest BCUT2D eigenvalue weighted by atomic mass is 10.2. The largest absolute Gasteiger partial charge is 0.454 e. The highest BCUT2D eigenvalue weighted by molar-refractivity contribution is 7.13. The van der Waals surface area contributed by atoms with Crippen LogP contribution in [0.1, 0.15) is 11.1 Å². The molecule has 0 unspecified atom stereocenters. The number of hydrogen-bond acceptors (Lipinski definition) is 5. The van der Waals surface area contributed by atoms with Gasteiger partial charge in [0.05, 0.1) is 4.88 Å². The Bertz CT molecular complexity index is 1090. The van der Waals surface area contributed by atoms with E-state index in [1.165, 1.54) is 5.56 Å². The van der Waals surface area contributed by atoms with Gasteiger partial charge in [-0.15, -0.1) is 11.3 Å². The van der Waals surface area contributed by atoms with E-state index in [0.717, 1.165) is 39.1 Å². The van der Waals surface area contributed by atoms with Gasteiger partial charge in [0, 0.05) is 12.7 Å². The van der Waals surface area contributed by atoms with E-state index in [9.17, 15) is 0 Å². The molecular weight excluding hydrogens is 346 g/mol. The number of nitrogens with zero attached hydrogens (tertiary/aromatic N) is 2. The highest BCUT2D eigenvalue weighted by Gasteiger charge is 2.16. The average molecular weight is 363 g/mol. The fraction of sp³-hybridized carbons (Fsp3) is 0.150. The maximum Gasteiger partial charge on any atom is 0.231 e. The number of imidazole rings is 1. The van der Waals surface area contributed by atoms with E-state index in [0.29, 0.717) is 13.3 Å². The Morgan fingerprint density at radius 3 is 2.96 bits per heavy atom. The highest BCUT2D eigenvalue weighted by Crippen LogP contribution is 2.34. The minimum atomic E-state index is 0.293. The summed E-state index contributed by atoms with van der Waals surface area (Å²) in [5, 5.41) is 5.64. The standard InChI is InChI=1S/C20H17N3O2S/c1-13-6-7-23-18(9-13)22-19(17-3-2-8-26-17)20(23)21-11-14-4-5-15-16(10-14)25-12-24-15/h2-10,21H,11-12H2,1H3. The van der Waals surface area contributed by atoms with Crippen molar-refractivity contribution >= 4 is 22.8 Å². The second-order valence-electron chi connectivity index (χ2n) is 6.26. The van der Waals surface area contributed by atoms with Gasteiger partial charge < -0.3 is 14.8 Å². The summed E-state index contributed by atoms with van der Waals surface area (Å²) in [7, 11) is 0. The molecule has 6 heteroatoms. The van der Waals surface area contributed by atoms with Crippen LogP contribution in [0.2, 0.25) is 0 Å². The number of hydrogen-bond donors (Lipinski definition) is 1. The van der Waals surface area contributed by atoms with Crippen molar-refractivity contribution in [3.05, 3.63) is 65.2 Å². The Kier molecular flexibility index (Phi) is 3.57. The molecule has 0 spiro atoms. The van der Waals surface area contributed by atoms with Gasteiger partial charge in [0.1, 0.15) is 17.2 Å². The molecule has 1 aliphatic heterocycles. The second-order valence-corrected chi connectivity index (χ2v) is 7.21. The van der Waals surface area contributed by atoms with Gasteiger partial charge in [0.15, 0.2) is 11.5 Å². The highest BCUT2D eigenvalue weighted by atomic mass is 32.1. The summed E-state index contributed by atoms with van der Waals surface area (Å²) in [6.07, 6.45) is 2.07. The predicted molar refractivity (Wildman–Crippen MR) is 103 cm³/mol. The number of aromatic nitrogens is 2. The van der Waals surface area contributed by atoms with Crippen LogP contribution in [0, 0.1) is 6.92 Å². The summed E-state index contributed by atoms with van der Waals surface area (Å²) in [5.74, 6) is 2.61. The molecule has 1 aliphatic rings. The molecule has 130 valence electrons. The second kappa shape index (κ2) is 6.07. The van der Waals surface area contributed by atoms with Gasteiger partial charge in [0.2, 0.25) is 6.79 Å². The molecule has 4 heterocycles. The first-order chi connectivity index (χ1) is 12.8. The number of benzene rings is 1. The van der Waals surface area contributed by atoms with Gasteiger partial charge in [-0.25, -0.2) is 4.98 Å². The quantitative estimate of drug-likeness (QED) is 0.570. The molecule has 0 saturated heterocycles. The van der Waals surface area contributed by atoms with Gasteiger partial charge >= 0.3 is 0 Å². The first-order valence-corrected chi connectivity index (χ1v) is 9.31. The molecule has 3 aromatic heterocycles. The zero-order chi connectivity index (χ0) is 17.5. The van der Waals surface area contributed by atoms with Crippen LogP contribution >= 0.6 is 11.3 Å². The Morgan fingerprint density at radius 1 is 1.15 bits per heavy atom. The number of thiophene rings is 1. The van der Waals surface area contributed by atoms with Gasteiger partial charge in [-0.3, -0.25) is 4.40 Å². The van der Waals surface area contributed by atoms with Gasteiger partial charge in [0.25, 0.3) is 0 Å². The number of pyridine rings is 1. The first-order valence-electron chi connectivity index (χ1n) is 8.43. The monoisotopic (exact) mass is 363 g/mol. The third kappa shape index (κ3) is 2.59. The number of anilines is 1. The molecule has 0 atom stereocenters. The van der Waals surface area contributed by atoms with E-state index in [4.69, 9.17) is 14.5 Å². The topological polar surface area (TPSA) is 47.8 Å². The van der Waals surface area contributed by atoms with Crippen LogP contribution in [0.3, 0.4) is 0 Å². The van der Waals surface area contributed by atoms with E-state index in [1.807, 2.05) is 12.1 Å². The number of rotatable bonds is 4. The third-order valence-corrected chi connectivity index (χ3v) is 5.31. The van der Waals surface area contributed by atoms with E-state index < -0.39 is 0 Å². The third-order valence-electron chi connectivity index (χ3n) is 4.43. The number of aryl methyl sites for hydroxylation is 1. The fourth-order valence-corrected chi connectivity index (χ4v) is 3.85. The van der Waals surface area contributed by atoms with Crippen LogP contribution in [-0.2, 0) is 6.54 Å². The molecule has 0 aliphatic carbocycles. The van der Waals surface area contributed by atoms with Crippen molar-refractivity contribution in [1.29, 1.82) is 0 Å². The maximum absolute atomic E-state index is 5.48. The lowest BCUT2D eigenvalue weighted by molar-refractivity contribution is 0.174. The summed E-state index contributed by atoms with van der Waals surface area (Å²) in [6.45, 7) is 3.05. The van der Waals surface area contributed by atoms with Gasteiger partial charge in [-0.05, 0) is 53.8 Å². The summed E-state index contributed by atoms with van der Waals surface area (Å²) < 4.78 is 13.0. The molecule has 0 bridgehead atoms. The molecular formula is C20H17N3O2S. The van der Waals surface area contributed by atoms with Crippen LogP contribution in [0.5, 0.6) is 11.5 Å². The smallest absolute Gasteiger partial charge is 0.231 e. The molecule has 0 saturated carbocycles. The van der Waals surface area contributed by atoms with Crippen molar-refractivity contribution in [2.24, 2.45) is 0 Å². The SMILES string of the molecule is Cc1ccn2c(NCc3ccc4c(c3)OCO4)c(-c3cccs3)nc2c1. The number of fused-ring (bicyclic) bond motifs is 2. The Hall–Kier alpha value is -2.99. The minimum Gasteiger partial charge on any atom is -0.454 e. The number of ether oxygens (including phenoxy) is 2. The molecule has 0 radical (unpaired) electrons. The van der Waals surface area contributed by atoms with Crippen molar-refractivity contribution < 1.29 is 9.47 Å². The van der Waals surface area contributed by atoms with Crippen molar-refractivity contribution in [1.82, 2.24) is 9.38 Å². The van der Waals surface area contributed by atoms with E-state index in [-0.39, 0.29) is 0 Å². The average Bonchev–Trinajstić information content (AvgIpc) is 3.38. The summed E-state index contributed by atoms with van der Waals surface area (Å²) in [4.78, 5) is 6.00. The van der Waals surface area contributed by atoms with Gasteiger partial charge in [-0.1, -0.05) is 12.1 Å². The van der Waals surface area contributed by atoms with E-state index >= 15 is 0 Å². The lowest BCUT2D eigenvalue weighted by Crippen LogP contribution is -2.03. The van der Waals surface area contributed by atoms with E-state index in [1.54, 1.807) is 11.3 Å². The molecule has 4 aromatic rings. The summed E-state index contributed by atoms with van der Waals surface area (Å²) in [6, 6.07) is 14.4. The summed E-state index contributed by atoms with van der Waals surface area (Å²) in [5.41, 5.74) is 4.25. The molecule has 26 heavy (non-hydrogen) atoms. The van der Waals surface area contributed by atoms with Crippen LogP contribution in [-0.4, -0.2) is 16.2 Å². The van der Waals surface area contributed by atoms with Crippen molar-refractivity contribution in [2.45, 2.75) is 13.5 Å². The molecule has 0 fully saturated rings. The molecule has 0 amide bonds. The van der Waals surface area contributed by atoms with Gasteiger partial charge in [-0.2, -0.15) is 0 Å². The molecule has 5 nitrogen and oxygen atoms in total. The predicted octanol–water partition coefficient (Wildman–Crippen LogP) is 4.71. The lowest BCUT2D eigenvalue weighted by Gasteiger charge is -2.09. The minimum absolute atomic E-state index is 0.293. The van der Waals surface area contributed by atoms with Crippen LogP contribution in [0.15, 0.2) is 54.0 Å². The van der Waals surface area contributed by atoms with Crippen molar-refractivity contribution in [3.63, 3.8) is 0 Å². The Balaban J connectivity index is 1.52. The molecule has 5 rings (SSSR count). The van der Waals surface area contributed by atoms with Crippen LogP contribution in [0.25, 0.3) is 16.2 Å². The fourth-order valence-electron chi connectivity index (χ4n) is 3.14. The zero-order valence-electron chi connectivity index (χ0n) is 14.2. The van der Waals surface area contributed by atoms with E-state index in [2.05, 4.69) is 58.5 Å². The van der Waals surface area contributed by atoms with Crippen molar-refractivity contribution in [2.75, 3.05) is 12.1 Å². The van der Waals surface area contributed by atoms with Crippen molar-refractivity contribution in [3.8, 4) is 22.1 Å². The normalized spacial score (nSPS) is 12.7. The first kappa shape index (κ1) is 15.3. The molecule has 1 aromatic carbocycles. The van der Waals surface area contributed by atoms with Crippen LogP contribution < -0.4 is 14.8 Å².